The number of benzene rings is 2. The van der Waals surface area contributed by atoms with Crippen molar-refractivity contribution < 1.29 is 18.0 Å². The molecule has 0 spiro atoms. The molecule has 2 aromatic carbocycles. The molecule has 1 amide bonds. The van der Waals surface area contributed by atoms with Gasteiger partial charge in [0.1, 0.15) is 0 Å². The Labute approximate surface area is 153 Å². The van der Waals surface area contributed by atoms with E-state index < -0.39 is 17.0 Å². The number of hydrogen-bond donors (Lipinski definition) is 0. The summed E-state index contributed by atoms with van der Waals surface area (Å²) in [6, 6.07) is 12.7. The van der Waals surface area contributed by atoms with Crippen LogP contribution < -0.4 is 0 Å². The molecule has 1 fully saturated rings. The lowest BCUT2D eigenvalue weighted by atomic mass is 10.1. The number of carbonyl (C=O) groups is 1. The monoisotopic (exact) mass is 378 g/mol. The van der Waals surface area contributed by atoms with Gasteiger partial charge in [-0.2, -0.15) is 13.2 Å². The van der Waals surface area contributed by atoms with Crippen molar-refractivity contribution in [1.82, 2.24) is 4.90 Å². The molecule has 136 valence electrons. The second-order valence-electron chi connectivity index (χ2n) is 6.14. The van der Waals surface area contributed by atoms with Gasteiger partial charge < -0.3 is 0 Å². The van der Waals surface area contributed by atoms with Crippen molar-refractivity contribution in [3.8, 4) is 0 Å². The largest absolute Gasteiger partial charge is 0.416 e. The van der Waals surface area contributed by atoms with Crippen LogP contribution in [0.15, 0.2) is 53.5 Å². The molecule has 0 aliphatic carbocycles. The molecule has 0 N–H and O–H groups in total. The molecule has 2 aromatic rings. The Bertz CT molecular complexity index is 847. The molecule has 1 aliphatic heterocycles. The summed E-state index contributed by atoms with van der Waals surface area (Å²) in [7, 11) is 1.63. The Kier molecular flexibility index (Phi) is 5.09. The van der Waals surface area contributed by atoms with Gasteiger partial charge in [-0.05, 0) is 37.1 Å². The first-order chi connectivity index (χ1) is 12.2. The second kappa shape index (κ2) is 7.15. The average Bonchev–Trinajstić information content (AvgIpc) is 2.84. The minimum atomic E-state index is -4.39. The molecular weight excluding hydrogens is 361 g/mol. The highest BCUT2D eigenvalue weighted by molar-refractivity contribution is 8.15. The molecule has 1 unspecified atom stereocenters. The third-order valence-electron chi connectivity index (χ3n) is 4.07. The van der Waals surface area contributed by atoms with E-state index in [0.29, 0.717) is 10.7 Å². The topological polar surface area (TPSA) is 32.7 Å². The molecule has 1 heterocycles. The predicted molar refractivity (Wildman–Crippen MR) is 97.6 cm³/mol. The van der Waals surface area contributed by atoms with E-state index in [2.05, 4.69) is 4.99 Å². The Balaban J connectivity index is 1.78. The highest BCUT2D eigenvalue weighted by Crippen LogP contribution is 2.33. The van der Waals surface area contributed by atoms with Crippen molar-refractivity contribution in [2.24, 2.45) is 4.99 Å². The molecule has 0 bridgehead atoms. The molecule has 3 rings (SSSR count). The maximum atomic E-state index is 12.9. The number of alkyl halides is 3. The van der Waals surface area contributed by atoms with Gasteiger partial charge in [-0.1, -0.05) is 47.7 Å². The number of thioether (sulfide) groups is 1. The Morgan fingerprint density at radius 1 is 1.15 bits per heavy atom. The minimum absolute atomic E-state index is 0.154. The van der Waals surface area contributed by atoms with Crippen LogP contribution >= 0.6 is 11.8 Å². The first-order valence-electron chi connectivity index (χ1n) is 8.00. The van der Waals surface area contributed by atoms with Crippen LogP contribution in [0.4, 0.5) is 18.9 Å². The van der Waals surface area contributed by atoms with Crippen molar-refractivity contribution >= 4 is 28.5 Å². The molecule has 7 heteroatoms. The van der Waals surface area contributed by atoms with E-state index in [-0.39, 0.29) is 12.3 Å². The summed E-state index contributed by atoms with van der Waals surface area (Å²) in [5.74, 6) is -0.154. The number of hydrogen-bond acceptors (Lipinski definition) is 3. The smallest absolute Gasteiger partial charge is 0.293 e. The molecule has 26 heavy (non-hydrogen) atoms. The Morgan fingerprint density at radius 3 is 2.50 bits per heavy atom. The number of aryl methyl sites for hydroxylation is 1. The summed E-state index contributed by atoms with van der Waals surface area (Å²) in [6.45, 7) is 1.97. The van der Waals surface area contributed by atoms with Crippen LogP contribution in [-0.2, 0) is 17.4 Å². The van der Waals surface area contributed by atoms with Gasteiger partial charge in [0.2, 0.25) is 5.91 Å². The van der Waals surface area contributed by atoms with E-state index in [1.165, 1.54) is 22.7 Å². The van der Waals surface area contributed by atoms with Crippen molar-refractivity contribution in [3.05, 3.63) is 65.2 Å². The van der Waals surface area contributed by atoms with E-state index in [1.807, 2.05) is 31.2 Å². The van der Waals surface area contributed by atoms with Gasteiger partial charge in [0.25, 0.3) is 0 Å². The molecule has 3 nitrogen and oxygen atoms in total. The number of carbonyl (C=O) groups excluding carboxylic acids is 1. The number of halogens is 3. The summed E-state index contributed by atoms with van der Waals surface area (Å²) in [6.07, 6.45) is -4.16. The first-order valence-corrected chi connectivity index (χ1v) is 8.88. The number of rotatable bonds is 3. The zero-order valence-corrected chi connectivity index (χ0v) is 15.1. The van der Waals surface area contributed by atoms with E-state index >= 15 is 0 Å². The normalized spacial score (nSPS) is 19.4. The van der Waals surface area contributed by atoms with Gasteiger partial charge in [-0.25, -0.2) is 4.99 Å². The molecule has 0 aromatic heterocycles. The summed E-state index contributed by atoms with van der Waals surface area (Å²) < 4.78 is 38.6. The minimum Gasteiger partial charge on any atom is -0.293 e. The van der Waals surface area contributed by atoms with Crippen molar-refractivity contribution in [2.75, 3.05) is 7.05 Å². The SMILES string of the molecule is Cc1ccc(N=C2SC(Cc3cccc(C(F)(F)F)c3)C(=O)N2C)cc1. The maximum absolute atomic E-state index is 12.9. The van der Waals surface area contributed by atoms with Gasteiger partial charge in [0.05, 0.1) is 16.5 Å². The zero-order valence-electron chi connectivity index (χ0n) is 14.2. The summed E-state index contributed by atoms with van der Waals surface area (Å²) >= 11 is 1.28. The van der Waals surface area contributed by atoms with Gasteiger partial charge >= 0.3 is 6.18 Å². The fraction of sp³-hybridized carbons (Fsp3) is 0.263. The van der Waals surface area contributed by atoms with Crippen molar-refractivity contribution in [2.45, 2.75) is 24.8 Å². The van der Waals surface area contributed by atoms with E-state index in [0.717, 1.165) is 23.4 Å². The van der Waals surface area contributed by atoms with Crippen molar-refractivity contribution in [3.63, 3.8) is 0 Å². The number of nitrogens with zero attached hydrogens (tertiary/aromatic N) is 2. The molecule has 1 saturated heterocycles. The lowest BCUT2D eigenvalue weighted by molar-refractivity contribution is -0.137. The summed E-state index contributed by atoms with van der Waals surface area (Å²) in [5.41, 5.74) is 1.63. The van der Waals surface area contributed by atoms with Crippen LogP contribution in [0.2, 0.25) is 0 Å². The fourth-order valence-corrected chi connectivity index (χ4v) is 3.81. The van der Waals surface area contributed by atoms with Crippen LogP contribution in [-0.4, -0.2) is 28.3 Å². The number of aliphatic imine (C=N–C) groups is 1. The van der Waals surface area contributed by atoms with Gasteiger partial charge in [-0.15, -0.1) is 0 Å². The third kappa shape index (κ3) is 4.09. The number of amides is 1. The molecule has 0 radical (unpaired) electrons. The lowest BCUT2D eigenvalue weighted by Gasteiger charge is -2.11. The van der Waals surface area contributed by atoms with Gasteiger partial charge in [-0.3, -0.25) is 9.69 Å². The Morgan fingerprint density at radius 2 is 1.85 bits per heavy atom. The van der Waals surface area contributed by atoms with E-state index in [4.69, 9.17) is 0 Å². The van der Waals surface area contributed by atoms with Crippen LogP contribution in [0.25, 0.3) is 0 Å². The van der Waals surface area contributed by atoms with Gasteiger partial charge in [0.15, 0.2) is 5.17 Å². The van der Waals surface area contributed by atoms with Crippen LogP contribution in [0.3, 0.4) is 0 Å². The fourth-order valence-electron chi connectivity index (χ4n) is 2.62. The molecule has 1 atom stereocenters. The van der Waals surface area contributed by atoms with Crippen molar-refractivity contribution in [1.29, 1.82) is 0 Å². The highest BCUT2D eigenvalue weighted by atomic mass is 32.2. The standard InChI is InChI=1S/C19H17F3N2OS/c1-12-6-8-15(9-7-12)23-18-24(2)17(25)16(26-18)11-13-4-3-5-14(10-13)19(20,21)22/h3-10,16H,11H2,1-2H3. The second-order valence-corrected chi connectivity index (χ2v) is 7.31. The van der Waals surface area contributed by atoms with Crippen LogP contribution in [0.1, 0.15) is 16.7 Å². The van der Waals surface area contributed by atoms with Crippen LogP contribution in [0.5, 0.6) is 0 Å². The van der Waals surface area contributed by atoms with E-state index in [1.54, 1.807) is 13.1 Å². The zero-order chi connectivity index (χ0) is 18.9. The quantitative estimate of drug-likeness (QED) is 0.767. The maximum Gasteiger partial charge on any atom is 0.416 e. The predicted octanol–water partition coefficient (Wildman–Crippen LogP) is 4.82. The van der Waals surface area contributed by atoms with E-state index in [9.17, 15) is 18.0 Å². The third-order valence-corrected chi connectivity index (χ3v) is 5.30. The van der Waals surface area contributed by atoms with Crippen LogP contribution in [0, 0.1) is 6.92 Å². The molecule has 1 aliphatic rings. The summed E-state index contributed by atoms with van der Waals surface area (Å²) in [4.78, 5) is 18.4. The lowest BCUT2D eigenvalue weighted by Crippen LogP contribution is -2.28. The first kappa shape index (κ1) is 18.5. The molecular formula is C19H17F3N2OS. The number of amidine groups is 1. The molecule has 0 saturated carbocycles. The summed E-state index contributed by atoms with van der Waals surface area (Å²) in [5, 5.41) is 0.0727. The highest BCUT2D eigenvalue weighted by Gasteiger charge is 2.36. The van der Waals surface area contributed by atoms with Gasteiger partial charge in [0, 0.05) is 7.05 Å². The average molecular weight is 378 g/mol. The Hall–Kier alpha value is -2.28.